The number of aromatic nitrogens is 2. The minimum absolute atomic E-state index is 0.0608. The number of β-amino-alcohol motifs (C(OH)–C–C–N with tert-alkyl or cyclic N) is 1. The number of aliphatic carboxylic acids is 2. The fourth-order valence-electron chi connectivity index (χ4n) is 2.26. The second-order valence-electron chi connectivity index (χ2n) is 7.59. The maximum absolute atomic E-state index is 13.5. The van der Waals surface area contributed by atoms with Gasteiger partial charge in [-0.3, -0.25) is 4.79 Å². The molecule has 1 unspecified atom stereocenters. The van der Waals surface area contributed by atoms with Crippen LogP contribution in [-0.2, 0) is 9.59 Å². The van der Waals surface area contributed by atoms with Gasteiger partial charge in [0.1, 0.15) is 12.7 Å². The minimum Gasteiger partial charge on any atom is -0.488 e. The molecule has 0 saturated carbocycles. The van der Waals surface area contributed by atoms with E-state index in [0.29, 0.717) is 0 Å². The zero-order valence-corrected chi connectivity index (χ0v) is 19.5. The second-order valence-corrected chi connectivity index (χ2v) is 7.94. The number of nitrogens with zero attached hydrogens (tertiary/aromatic N) is 2. The average molecular weight is 517 g/mol. The Bertz CT molecular complexity index is 1040. The Kier molecular flexibility index (Phi) is 11.1. The number of amides is 1. The number of hydrogen-bond donors (Lipinski definition) is 7. The van der Waals surface area contributed by atoms with Crippen LogP contribution in [0.25, 0.3) is 0 Å². The number of nitrogen functional groups attached to an aromatic ring is 2. The van der Waals surface area contributed by atoms with Crippen molar-refractivity contribution in [3.05, 3.63) is 40.9 Å². The van der Waals surface area contributed by atoms with E-state index in [1.54, 1.807) is 12.1 Å². The number of carbonyl (C=O) groups is 3. The molecule has 0 radical (unpaired) electrons. The monoisotopic (exact) mass is 516 g/mol. The van der Waals surface area contributed by atoms with Crippen molar-refractivity contribution in [2.24, 2.45) is 0 Å². The lowest BCUT2D eigenvalue weighted by Crippen LogP contribution is -2.51. The predicted molar refractivity (Wildman–Crippen MR) is 123 cm³/mol. The summed E-state index contributed by atoms with van der Waals surface area (Å²) >= 11 is 5.78. The largest absolute Gasteiger partial charge is 0.488 e. The summed E-state index contributed by atoms with van der Waals surface area (Å²) in [5.74, 6) is -4.83. The Hall–Kier alpha value is -3.75. The molecule has 0 aliphatic carbocycles. The molecule has 0 bridgehead atoms. The Morgan fingerprint density at radius 1 is 1.14 bits per heavy atom. The van der Waals surface area contributed by atoms with Crippen LogP contribution in [0.15, 0.2) is 24.3 Å². The maximum Gasteiger partial charge on any atom is 0.414 e. The van der Waals surface area contributed by atoms with E-state index in [1.165, 1.54) is 12.1 Å². The summed E-state index contributed by atoms with van der Waals surface area (Å²) in [7, 11) is 0. The van der Waals surface area contributed by atoms with Crippen LogP contribution in [0.4, 0.5) is 16.0 Å². The molecule has 9 N–H and O–H groups in total. The van der Waals surface area contributed by atoms with Crippen LogP contribution in [0, 0.1) is 5.82 Å². The SMILES string of the molecule is CC(C)(CNC(=O)c1nc(Cl)c(N)nc1N)NCC(O)COc1ccccc1F.O=C(O)C(=O)O. The summed E-state index contributed by atoms with van der Waals surface area (Å²) in [6.45, 7) is 3.90. The third-order valence-corrected chi connectivity index (χ3v) is 4.36. The molecule has 1 heterocycles. The summed E-state index contributed by atoms with van der Waals surface area (Å²) in [6.07, 6.45) is -0.887. The van der Waals surface area contributed by atoms with Crippen LogP contribution in [-0.4, -0.2) is 74.5 Å². The van der Waals surface area contributed by atoms with Crippen LogP contribution in [0.2, 0.25) is 5.15 Å². The van der Waals surface area contributed by atoms with E-state index >= 15 is 0 Å². The fraction of sp³-hybridized carbons (Fsp3) is 0.350. The van der Waals surface area contributed by atoms with Gasteiger partial charge in [0.25, 0.3) is 5.91 Å². The maximum atomic E-state index is 13.5. The molecule has 0 spiro atoms. The first kappa shape index (κ1) is 29.3. The highest BCUT2D eigenvalue weighted by molar-refractivity contribution is 6.31. The molecule has 1 aromatic carbocycles. The molecular formula is C20H26ClFN6O7. The van der Waals surface area contributed by atoms with Gasteiger partial charge in [0.2, 0.25) is 0 Å². The number of carboxylic acid groups (broad SMARTS) is 2. The fourth-order valence-corrected chi connectivity index (χ4v) is 2.38. The number of nitrogens with one attached hydrogen (secondary N) is 2. The molecule has 2 aromatic rings. The first-order valence-corrected chi connectivity index (χ1v) is 10.2. The summed E-state index contributed by atoms with van der Waals surface area (Å²) in [4.78, 5) is 38.1. The number of rotatable bonds is 9. The molecule has 13 nitrogen and oxygen atoms in total. The standard InChI is InChI=1S/C18H24ClFN6O3.C2H2O4/c1-18(2,9-23-17(28)13-15(21)26-16(22)14(19)25-13)24-7-10(27)8-29-12-6-4-3-5-11(12)20;3-1(4)2(5)6/h3-6,10,24,27H,7-9H2,1-2H3,(H,23,28)(H4,21,22,26);(H,3,4)(H,5,6). The molecule has 0 aliphatic heterocycles. The van der Waals surface area contributed by atoms with E-state index in [0.717, 1.165) is 0 Å². The zero-order valence-electron chi connectivity index (χ0n) is 18.8. The predicted octanol–water partition coefficient (Wildman–Crippen LogP) is 0.127. The summed E-state index contributed by atoms with van der Waals surface area (Å²) in [5.41, 5.74) is 10.4. The van der Waals surface area contributed by atoms with E-state index in [1.807, 2.05) is 13.8 Å². The number of nitrogens with two attached hydrogens (primary N) is 2. The van der Waals surface area contributed by atoms with Gasteiger partial charge in [-0.15, -0.1) is 0 Å². The zero-order chi connectivity index (χ0) is 26.8. The average Bonchev–Trinajstić information content (AvgIpc) is 2.78. The van der Waals surface area contributed by atoms with Crippen molar-refractivity contribution in [1.82, 2.24) is 20.6 Å². The molecule has 1 atom stereocenters. The number of aliphatic hydroxyl groups excluding tert-OH is 1. The highest BCUT2D eigenvalue weighted by Crippen LogP contribution is 2.17. The smallest absolute Gasteiger partial charge is 0.414 e. The van der Waals surface area contributed by atoms with Crippen molar-refractivity contribution < 1.29 is 38.8 Å². The Labute approximate surface area is 204 Å². The van der Waals surface area contributed by atoms with E-state index in [4.69, 9.17) is 47.6 Å². The van der Waals surface area contributed by atoms with Gasteiger partial charge in [-0.05, 0) is 26.0 Å². The van der Waals surface area contributed by atoms with Crippen molar-refractivity contribution in [2.45, 2.75) is 25.5 Å². The number of carboxylic acids is 2. The molecule has 2 rings (SSSR count). The third-order valence-electron chi connectivity index (χ3n) is 4.08. The van der Waals surface area contributed by atoms with E-state index in [-0.39, 0.29) is 47.9 Å². The van der Waals surface area contributed by atoms with Crippen molar-refractivity contribution in [3.8, 4) is 5.75 Å². The number of carbonyl (C=O) groups excluding carboxylic acids is 1. The topological polar surface area (TPSA) is 223 Å². The second kappa shape index (κ2) is 13.2. The van der Waals surface area contributed by atoms with Gasteiger partial charge >= 0.3 is 11.9 Å². The van der Waals surface area contributed by atoms with Crippen LogP contribution in [0.1, 0.15) is 24.3 Å². The van der Waals surface area contributed by atoms with Gasteiger partial charge < -0.3 is 42.2 Å². The van der Waals surface area contributed by atoms with Gasteiger partial charge in [-0.2, -0.15) is 0 Å². The quantitative estimate of drug-likeness (QED) is 0.221. The van der Waals surface area contributed by atoms with E-state index < -0.39 is 35.3 Å². The normalized spacial score (nSPS) is 11.6. The van der Waals surface area contributed by atoms with Crippen LogP contribution >= 0.6 is 11.6 Å². The highest BCUT2D eigenvalue weighted by atomic mass is 35.5. The molecule has 1 aromatic heterocycles. The highest BCUT2D eigenvalue weighted by Gasteiger charge is 2.22. The number of hydrogen-bond acceptors (Lipinski definition) is 10. The first-order valence-electron chi connectivity index (χ1n) is 9.86. The number of anilines is 2. The number of halogens is 2. The van der Waals surface area contributed by atoms with Gasteiger partial charge in [0.05, 0.1) is 0 Å². The van der Waals surface area contributed by atoms with Crippen LogP contribution in [0.3, 0.4) is 0 Å². The molecule has 15 heteroatoms. The molecular weight excluding hydrogens is 491 g/mol. The van der Waals surface area contributed by atoms with Crippen LogP contribution in [0.5, 0.6) is 5.75 Å². The molecule has 0 saturated heterocycles. The van der Waals surface area contributed by atoms with Gasteiger partial charge in [0.15, 0.2) is 34.0 Å². The van der Waals surface area contributed by atoms with Crippen LogP contribution < -0.4 is 26.8 Å². The Morgan fingerprint density at radius 3 is 2.31 bits per heavy atom. The Morgan fingerprint density at radius 2 is 1.74 bits per heavy atom. The summed E-state index contributed by atoms with van der Waals surface area (Å²) < 4.78 is 18.8. The summed E-state index contributed by atoms with van der Waals surface area (Å²) in [6, 6.07) is 5.94. The summed E-state index contributed by atoms with van der Waals surface area (Å²) in [5, 5.41) is 30.5. The molecule has 35 heavy (non-hydrogen) atoms. The lowest BCUT2D eigenvalue weighted by Gasteiger charge is -2.28. The van der Waals surface area contributed by atoms with Crippen molar-refractivity contribution >= 4 is 41.1 Å². The lowest BCUT2D eigenvalue weighted by atomic mass is 10.1. The van der Waals surface area contributed by atoms with Crippen molar-refractivity contribution in [3.63, 3.8) is 0 Å². The van der Waals surface area contributed by atoms with E-state index in [2.05, 4.69) is 20.6 Å². The molecule has 0 aliphatic rings. The minimum atomic E-state index is -1.82. The number of para-hydroxylation sites is 1. The van der Waals surface area contributed by atoms with Gasteiger partial charge in [-0.1, -0.05) is 23.7 Å². The number of ether oxygens (including phenoxy) is 1. The molecule has 192 valence electrons. The molecule has 0 fully saturated rings. The van der Waals surface area contributed by atoms with Gasteiger partial charge in [0, 0.05) is 18.6 Å². The number of aliphatic hydroxyl groups is 1. The van der Waals surface area contributed by atoms with Crippen molar-refractivity contribution in [2.75, 3.05) is 31.2 Å². The molecule has 1 amide bonds. The van der Waals surface area contributed by atoms with Gasteiger partial charge in [-0.25, -0.2) is 23.9 Å². The van der Waals surface area contributed by atoms with Crippen molar-refractivity contribution in [1.29, 1.82) is 0 Å². The lowest BCUT2D eigenvalue weighted by molar-refractivity contribution is -0.159. The van der Waals surface area contributed by atoms with E-state index in [9.17, 15) is 14.3 Å². The Balaban J connectivity index is 0.000000905. The first-order chi connectivity index (χ1) is 16.2. The number of benzene rings is 1. The third kappa shape index (κ3) is 10.4.